The van der Waals surface area contributed by atoms with Crippen molar-refractivity contribution in [3.05, 3.63) is 59.9 Å². The van der Waals surface area contributed by atoms with Crippen LogP contribution < -0.4 is 10.6 Å². The van der Waals surface area contributed by atoms with Crippen molar-refractivity contribution in [3.8, 4) is 11.4 Å². The van der Waals surface area contributed by atoms with Crippen LogP contribution in [0.4, 0.5) is 14.9 Å². The highest BCUT2D eigenvalue weighted by atomic mass is 19.1. The highest BCUT2D eigenvalue weighted by Crippen LogP contribution is 2.29. The maximum absolute atomic E-state index is 13.2. The average Bonchev–Trinajstić information content (AvgIpc) is 3.30. The Kier molecular flexibility index (Phi) is 8.76. The summed E-state index contributed by atoms with van der Waals surface area (Å²) < 4.78 is 14.8. The van der Waals surface area contributed by atoms with Crippen molar-refractivity contribution in [1.82, 2.24) is 25.5 Å². The van der Waals surface area contributed by atoms with Crippen LogP contribution in [0.25, 0.3) is 11.4 Å². The third-order valence-corrected chi connectivity index (χ3v) is 6.95. The maximum Gasteiger partial charge on any atom is 0.345 e. The third-order valence-electron chi connectivity index (χ3n) is 6.95. The van der Waals surface area contributed by atoms with Gasteiger partial charge in [0.25, 0.3) is 0 Å². The number of hydrogen-bond acceptors (Lipinski definition) is 5. The monoisotopic (exact) mass is 505 g/mol. The Hall–Kier alpha value is -3.46. The van der Waals surface area contributed by atoms with Gasteiger partial charge in [-0.15, -0.1) is 5.10 Å². The largest absolute Gasteiger partial charge is 0.345 e. The van der Waals surface area contributed by atoms with E-state index in [4.69, 9.17) is 0 Å². The molecule has 37 heavy (non-hydrogen) atoms. The molecule has 1 aliphatic rings. The molecule has 1 fully saturated rings. The number of anilines is 1. The van der Waals surface area contributed by atoms with Gasteiger partial charge in [0.1, 0.15) is 5.82 Å². The van der Waals surface area contributed by atoms with E-state index >= 15 is 0 Å². The fraction of sp³-hybridized carbons (Fsp3) is 0.464. The number of halogens is 1. The topological polar surface area (TPSA) is 97.1 Å². The Balaban J connectivity index is 1.28. The van der Waals surface area contributed by atoms with Crippen molar-refractivity contribution in [3.63, 3.8) is 0 Å². The molecule has 0 saturated heterocycles. The van der Waals surface area contributed by atoms with Crippen LogP contribution in [-0.2, 0) is 13.5 Å². The van der Waals surface area contributed by atoms with Crippen LogP contribution in [0, 0.1) is 23.1 Å². The molecule has 4 rings (SSSR count). The molecule has 1 heterocycles. The van der Waals surface area contributed by atoms with Crippen molar-refractivity contribution in [2.24, 2.45) is 29.3 Å². The standard InChI is InChI=1S/C28H36FN7O/c1-28(2,16-20-11-13-24(29)14-12-20)19-30-17-22-7-4-5-8-23(22)18-31-27(37)32-25-10-6-9-21(15-25)26-33-34-35-36(26)3/h6,9-15,18,22-23,30H,4-5,7-8,16-17,19H2,1-3H3,(H,32,37)/t22-,23?/m0/s1. The second kappa shape index (κ2) is 12.2. The van der Waals surface area contributed by atoms with Gasteiger partial charge in [0, 0.05) is 31.1 Å². The van der Waals surface area contributed by atoms with E-state index < -0.39 is 0 Å². The smallest absolute Gasteiger partial charge is 0.316 e. The Labute approximate surface area is 217 Å². The Morgan fingerprint density at radius 2 is 1.97 bits per heavy atom. The van der Waals surface area contributed by atoms with Gasteiger partial charge in [-0.1, -0.05) is 51.0 Å². The molecule has 1 aliphatic carbocycles. The lowest BCUT2D eigenvalue weighted by Gasteiger charge is -2.31. The summed E-state index contributed by atoms with van der Waals surface area (Å²) in [6, 6.07) is 13.8. The van der Waals surface area contributed by atoms with E-state index in [-0.39, 0.29) is 23.2 Å². The predicted molar refractivity (Wildman–Crippen MR) is 144 cm³/mol. The first-order valence-corrected chi connectivity index (χ1v) is 12.9. The van der Waals surface area contributed by atoms with E-state index in [0.29, 0.717) is 17.4 Å². The minimum atomic E-state index is -0.383. The lowest BCUT2D eigenvalue weighted by Crippen LogP contribution is -2.37. The van der Waals surface area contributed by atoms with Gasteiger partial charge < -0.3 is 10.6 Å². The summed E-state index contributed by atoms with van der Waals surface area (Å²) in [6.07, 6.45) is 7.23. The number of nitrogens with zero attached hydrogens (tertiary/aromatic N) is 5. The van der Waals surface area contributed by atoms with Crippen LogP contribution in [0.15, 0.2) is 53.5 Å². The molecule has 196 valence electrons. The number of amides is 2. The van der Waals surface area contributed by atoms with E-state index in [0.717, 1.165) is 49.9 Å². The number of carbonyl (C=O) groups is 1. The van der Waals surface area contributed by atoms with Gasteiger partial charge in [-0.05, 0) is 83.3 Å². The minimum Gasteiger partial charge on any atom is -0.316 e. The minimum absolute atomic E-state index is 0.0472. The van der Waals surface area contributed by atoms with Gasteiger partial charge in [-0.2, -0.15) is 0 Å². The van der Waals surface area contributed by atoms with Crippen molar-refractivity contribution in [2.45, 2.75) is 46.0 Å². The molecule has 0 aliphatic heterocycles. The second-order valence-electron chi connectivity index (χ2n) is 10.7. The molecule has 2 aromatic carbocycles. The predicted octanol–water partition coefficient (Wildman–Crippen LogP) is 5.28. The first-order chi connectivity index (χ1) is 17.8. The SMILES string of the molecule is Cn1nnnc1-c1cccc(NC(=O)N=CC2CCCC[C@H]2CNCC(C)(C)Cc2ccc(F)cc2)c1. The van der Waals surface area contributed by atoms with Gasteiger partial charge >= 0.3 is 6.03 Å². The number of aryl methyl sites for hydroxylation is 1. The van der Waals surface area contributed by atoms with Gasteiger partial charge in [-0.25, -0.2) is 18.9 Å². The average molecular weight is 506 g/mol. The van der Waals surface area contributed by atoms with E-state index in [2.05, 4.69) is 45.0 Å². The van der Waals surface area contributed by atoms with Crippen LogP contribution in [-0.4, -0.2) is 45.5 Å². The van der Waals surface area contributed by atoms with E-state index in [9.17, 15) is 9.18 Å². The van der Waals surface area contributed by atoms with Crippen LogP contribution in [0.3, 0.4) is 0 Å². The first-order valence-electron chi connectivity index (χ1n) is 12.9. The first kappa shape index (κ1) is 26.6. The number of aromatic nitrogens is 4. The van der Waals surface area contributed by atoms with Crippen LogP contribution >= 0.6 is 0 Å². The van der Waals surface area contributed by atoms with Crippen LogP contribution in [0.2, 0.25) is 0 Å². The molecule has 9 heteroatoms. The lowest BCUT2D eigenvalue weighted by atomic mass is 9.79. The number of carbonyl (C=O) groups excluding carboxylic acids is 1. The molecule has 2 N–H and O–H groups in total. The molecule has 2 amide bonds. The summed E-state index contributed by atoms with van der Waals surface area (Å²) in [4.78, 5) is 16.8. The van der Waals surface area contributed by atoms with Crippen molar-refractivity contribution < 1.29 is 9.18 Å². The molecule has 0 radical (unpaired) electrons. The van der Waals surface area contributed by atoms with Crippen LogP contribution in [0.1, 0.15) is 45.1 Å². The quantitative estimate of drug-likeness (QED) is 0.386. The molecular formula is C28H36FN7O. The molecule has 8 nitrogen and oxygen atoms in total. The molecule has 3 aromatic rings. The lowest BCUT2D eigenvalue weighted by molar-refractivity contribution is 0.258. The zero-order valence-corrected chi connectivity index (χ0v) is 21.8. The van der Waals surface area contributed by atoms with E-state index in [1.54, 1.807) is 11.7 Å². The zero-order chi connectivity index (χ0) is 26.3. The van der Waals surface area contributed by atoms with Crippen molar-refractivity contribution in [1.29, 1.82) is 0 Å². The third kappa shape index (κ3) is 7.76. The summed E-state index contributed by atoms with van der Waals surface area (Å²) in [5, 5.41) is 18.0. The fourth-order valence-electron chi connectivity index (χ4n) is 5.03. The summed E-state index contributed by atoms with van der Waals surface area (Å²) in [6.45, 7) is 6.20. The number of tetrazole rings is 1. The molecule has 1 unspecified atom stereocenters. The number of urea groups is 1. The van der Waals surface area contributed by atoms with Crippen molar-refractivity contribution in [2.75, 3.05) is 18.4 Å². The molecule has 2 atom stereocenters. The van der Waals surface area contributed by atoms with E-state index in [1.807, 2.05) is 42.6 Å². The van der Waals surface area contributed by atoms with Crippen molar-refractivity contribution >= 4 is 17.9 Å². The summed E-state index contributed by atoms with van der Waals surface area (Å²) in [5.41, 5.74) is 2.65. The summed E-state index contributed by atoms with van der Waals surface area (Å²) in [5.74, 6) is 1.13. The number of hydrogen-bond donors (Lipinski definition) is 2. The van der Waals surface area contributed by atoms with Gasteiger partial charge in [-0.3, -0.25) is 0 Å². The Morgan fingerprint density at radius 1 is 1.19 bits per heavy atom. The number of aliphatic imine (C=N–C) groups is 1. The zero-order valence-electron chi connectivity index (χ0n) is 21.8. The number of rotatable bonds is 9. The Morgan fingerprint density at radius 3 is 2.73 bits per heavy atom. The highest BCUT2D eigenvalue weighted by Gasteiger charge is 2.25. The second-order valence-corrected chi connectivity index (χ2v) is 10.7. The van der Waals surface area contributed by atoms with Gasteiger partial charge in [0.05, 0.1) is 0 Å². The molecular weight excluding hydrogens is 469 g/mol. The Bertz CT molecular complexity index is 1210. The maximum atomic E-state index is 13.2. The van der Waals surface area contributed by atoms with E-state index in [1.165, 1.54) is 18.6 Å². The van der Waals surface area contributed by atoms with Crippen LogP contribution in [0.5, 0.6) is 0 Å². The molecule has 0 bridgehead atoms. The number of nitrogens with one attached hydrogen (secondary N) is 2. The van der Waals surface area contributed by atoms with Gasteiger partial charge in [0.15, 0.2) is 5.82 Å². The summed E-state index contributed by atoms with van der Waals surface area (Å²) in [7, 11) is 1.77. The number of benzene rings is 2. The van der Waals surface area contributed by atoms with Gasteiger partial charge in [0.2, 0.25) is 0 Å². The normalized spacial score (nSPS) is 18.3. The fourth-order valence-corrected chi connectivity index (χ4v) is 5.03. The molecule has 1 saturated carbocycles. The summed E-state index contributed by atoms with van der Waals surface area (Å²) >= 11 is 0. The molecule has 0 spiro atoms. The molecule has 1 aromatic heterocycles. The highest BCUT2D eigenvalue weighted by molar-refractivity contribution is 5.95.